The highest BCUT2D eigenvalue weighted by Crippen LogP contribution is 2.35. The summed E-state index contributed by atoms with van der Waals surface area (Å²) in [5.41, 5.74) is 5.85. The Balaban J connectivity index is 1.96. The largest absolute Gasteiger partial charge is 0.496 e. The van der Waals surface area contributed by atoms with Crippen molar-refractivity contribution in [1.29, 1.82) is 0 Å². The van der Waals surface area contributed by atoms with Crippen LogP contribution in [-0.4, -0.2) is 23.1 Å². The minimum Gasteiger partial charge on any atom is -0.496 e. The Morgan fingerprint density at radius 2 is 2.17 bits per heavy atom. The Kier molecular flexibility index (Phi) is 4.09. The Hall–Kier alpha value is -3.07. The lowest BCUT2D eigenvalue weighted by Crippen LogP contribution is -2.01. The summed E-state index contributed by atoms with van der Waals surface area (Å²) in [6.45, 7) is 0. The van der Waals surface area contributed by atoms with Gasteiger partial charge in [-0.3, -0.25) is 14.9 Å². The number of nitro benzene ring substituents is 1. The zero-order valence-electron chi connectivity index (χ0n) is 12.4. The highest BCUT2D eigenvalue weighted by Gasteiger charge is 2.21. The molecule has 1 aliphatic rings. The summed E-state index contributed by atoms with van der Waals surface area (Å²) < 4.78 is 10.9. The number of non-ortho nitro benzene ring substituents is 1. The molecular weight excluding hydrogens is 334 g/mol. The molecule has 3 rings (SSSR count). The Bertz CT molecular complexity index is 900. The lowest BCUT2D eigenvalue weighted by molar-refractivity contribution is -0.384. The second-order valence-electron chi connectivity index (χ2n) is 4.71. The molecular formula is C15H11N3O5S. The van der Waals surface area contributed by atoms with E-state index in [1.807, 2.05) is 0 Å². The summed E-state index contributed by atoms with van der Waals surface area (Å²) in [6, 6.07) is 7.50. The second-order valence-corrected chi connectivity index (χ2v) is 5.77. The molecule has 0 unspecified atom stereocenters. The number of hydrogen-bond donors (Lipinski definition) is 1. The van der Waals surface area contributed by atoms with Crippen LogP contribution >= 0.6 is 11.8 Å². The van der Waals surface area contributed by atoms with Crippen molar-refractivity contribution in [2.45, 2.75) is 0 Å². The molecule has 0 spiro atoms. The quantitative estimate of drug-likeness (QED) is 0.513. The molecule has 0 aliphatic carbocycles. The maximum atomic E-state index is 11.6. The van der Waals surface area contributed by atoms with Gasteiger partial charge < -0.3 is 14.9 Å². The van der Waals surface area contributed by atoms with E-state index in [2.05, 4.69) is 4.99 Å². The molecule has 0 radical (unpaired) electrons. The number of amidine groups is 1. The molecule has 8 nitrogen and oxygen atoms in total. The molecule has 122 valence electrons. The maximum Gasteiger partial charge on any atom is 0.286 e. The van der Waals surface area contributed by atoms with E-state index >= 15 is 0 Å². The van der Waals surface area contributed by atoms with Crippen molar-refractivity contribution < 1.29 is 18.9 Å². The molecule has 0 fully saturated rings. The van der Waals surface area contributed by atoms with Gasteiger partial charge in [0.1, 0.15) is 17.3 Å². The van der Waals surface area contributed by atoms with Gasteiger partial charge in [-0.05, 0) is 30.0 Å². The Morgan fingerprint density at radius 3 is 2.79 bits per heavy atom. The summed E-state index contributed by atoms with van der Waals surface area (Å²) >= 11 is 1.05. The number of rotatable bonds is 4. The number of hydrogen-bond acceptors (Lipinski definition) is 7. The zero-order valence-corrected chi connectivity index (χ0v) is 13.2. The number of carbonyl (C=O) groups is 1. The van der Waals surface area contributed by atoms with E-state index in [1.54, 1.807) is 12.1 Å². The molecule has 1 aliphatic heterocycles. The van der Waals surface area contributed by atoms with Crippen LogP contribution in [0.5, 0.6) is 5.75 Å². The van der Waals surface area contributed by atoms with E-state index in [4.69, 9.17) is 14.9 Å². The van der Waals surface area contributed by atoms with Crippen molar-refractivity contribution in [3.8, 4) is 17.1 Å². The van der Waals surface area contributed by atoms with E-state index in [0.29, 0.717) is 27.7 Å². The number of amides is 1. The fourth-order valence-electron chi connectivity index (χ4n) is 2.13. The first kappa shape index (κ1) is 15.8. The van der Waals surface area contributed by atoms with Gasteiger partial charge in [-0.2, -0.15) is 4.99 Å². The van der Waals surface area contributed by atoms with Crippen molar-refractivity contribution in [2.24, 2.45) is 10.7 Å². The smallest absolute Gasteiger partial charge is 0.286 e. The second kappa shape index (κ2) is 6.20. The predicted octanol–water partition coefficient (Wildman–Crippen LogP) is 2.79. The minimum atomic E-state index is -0.497. The third-order valence-electron chi connectivity index (χ3n) is 3.20. The SMILES string of the molecule is COc1ccc([N+](=O)[O-])cc1-c1ccc(C=C2SC(N)=NC2=O)o1. The summed E-state index contributed by atoms with van der Waals surface area (Å²) in [5, 5.41) is 11.1. The van der Waals surface area contributed by atoms with Gasteiger partial charge in [-0.1, -0.05) is 0 Å². The van der Waals surface area contributed by atoms with Gasteiger partial charge in [0.15, 0.2) is 5.17 Å². The van der Waals surface area contributed by atoms with Crippen LogP contribution in [-0.2, 0) is 4.79 Å². The number of ether oxygens (including phenoxy) is 1. The van der Waals surface area contributed by atoms with Crippen molar-refractivity contribution in [2.75, 3.05) is 7.11 Å². The highest BCUT2D eigenvalue weighted by atomic mass is 32.2. The maximum absolute atomic E-state index is 11.6. The molecule has 2 aromatic rings. The van der Waals surface area contributed by atoms with Crippen LogP contribution in [0, 0.1) is 10.1 Å². The van der Waals surface area contributed by atoms with Crippen LogP contribution in [0.1, 0.15) is 5.76 Å². The zero-order chi connectivity index (χ0) is 17.3. The van der Waals surface area contributed by atoms with E-state index in [-0.39, 0.29) is 10.9 Å². The van der Waals surface area contributed by atoms with Gasteiger partial charge in [0.25, 0.3) is 11.6 Å². The molecule has 24 heavy (non-hydrogen) atoms. The number of nitrogens with zero attached hydrogens (tertiary/aromatic N) is 2. The summed E-state index contributed by atoms with van der Waals surface area (Å²) in [5.74, 6) is 0.794. The fourth-order valence-corrected chi connectivity index (χ4v) is 2.79. The van der Waals surface area contributed by atoms with Crippen LogP contribution in [0.4, 0.5) is 5.69 Å². The van der Waals surface area contributed by atoms with E-state index in [9.17, 15) is 14.9 Å². The van der Waals surface area contributed by atoms with Crippen LogP contribution in [0.25, 0.3) is 17.4 Å². The van der Waals surface area contributed by atoms with Gasteiger partial charge in [-0.25, -0.2) is 0 Å². The number of thioether (sulfide) groups is 1. The minimum absolute atomic E-state index is 0.0789. The molecule has 1 aromatic carbocycles. The van der Waals surface area contributed by atoms with Gasteiger partial charge in [0.2, 0.25) is 0 Å². The third-order valence-corrected chi connectivity index (χ3v) is 4.01. The van der Waals surface area contributed by atoms with Crippen LogP contribution in [0.15, 0.2) is 44.6 Å². The molecule has 0 saturated carbocycles. The molecule has 0 bridgehead atoms. The first-order valence-corrected chi connectivity index (χ1v) is 7.50. The first-order valence-electron chi connectivity index (χ1n) is 6.68. The number of benzene rings is 1. The van der Waals surface area contributed by atoms with E-state index in [0.717, 1.165) is 11.8 Å². The normalized spacial score (nSPS) is 15.6. The Labute approximate surface area is 140 Å². The third kappa shape index (κ3) is 3.01. The fraction of sp³-hybridized carbons (Fsp3) is 0.0667. The van der Waals surface area contributed by atoms with Gasteiger partial charge in [-0.15, -0.1) is 0 Å². The van der Waals surface area contributed by atoms with Gasteiger partial charge >= 0.3 is 0 Å². The molecule has 0 saturated heterocycles. The molecule has 2 heterocycles. The lowest BCUT2D eigenvalue weighted by Gasteiger charge is -2.05. The standard InChI is InChI=1S/C15H11N3O5S/c1-22-11-4-2-8(18(20)21)6-10(11)12-5-3-9(23-12)7-13-14(19)17-15(16)24-13/h2-7H,1H3,(H2,16,17,19). The number of carbonyl (C=O) groups excluding carboxylic acids is 1. The molecule has 9 heteroatoms. The Morgan fingerprint density at radius 1 is 1.38 bits per heavy atom. The number of nitro groups is 1. The monoisotopic (exact) mass is 345 g/mol. The highest BCUT2D eigenvalue weighted by molar-refractivity contribution is 8.18. The first-order chi connectivity index (χ1) is 11.5. The molecule has 1 aromatic heterocycles. The van der Waals surface area contributed by atoms with E-state index < -0.39 is 10.8 Å². The average molecular weight is 345 g/mol. The van der Waals surface area contributed by atoms with Crippen molar-refractivity contribution >= 4 is 34.6 Å². The average Bonchev–Trinajstić information content (AvgIpc) is 3.13. The predicted molar refractivity (Wildman–Crippen MR) is 89.5 cm³/mol. The van der Waals surface area contributed by atoms with Crippen molar-refractivity contribution in [1.82, 2.24) is 0 Å². The summed E-state index contributed by atoms with van der Waals surface area (Å²) in [7, 11) is 1.46. The van der Waals surface area contributed by atoms with Crippen LogP contribution < -0.4 is 10.5 Å². The van der Waals surface area contributed by atoms with Crippen LogP contribution in [0.3, 0.4) is 0 Å². The number of aliphatic imine (C=N–C) groups is 1. The molecule has 1 amide bonds. The molecule has 2 N–H and O–H groups in total. The lowest BCUT2D eigenvalue weighted by atomic mass is 10.1. The number of methoxy groups -OCH3 is 1. The van der Waals surface area contributed by atoms with Crippen molar-refractivity contribution in [3.05, 3.63) is 51.1 Å². The van der Waals surface area contributed by atoms with Crippen molar-refractivity contribution in [3.63, 3.8) is 0 Å². The topological polar surface area (TPSA) is 121 Å². The number of furan rings is 1. The van der Waals surface area contributed by atoms with E-state index in [1.165, 1.54) is 31.4 Å². The summed E-state index contributed by atoms with van der Waals surface area (Å²) in [4.78, 5) is 26.0. The molecule has 0 atom stereocenters. The van der Waals surface area contributed by atoms with Gasteiger partial charge in [0.05, 0.1) is 22.5 Å². The van der Waals surface area contributed by atoms with Gasteiger partial charge in [0, 0.05) is 18.2 Å². The summed E-state index contributed by atoms with van der Waals surface area (Å²) in [6.07, 6.45) is 1.52. The van der Waals surface area contributed by atoms with Crippen LogP contribution in [0.2, 0.25) is 0 Å². The number of nitrogens with two attached hydrogens (primary N) is 1.